The molecular formula is C11H13F3N2O2. The molecule has 0 aliphatic carbocycles. The Morgan fingerprint density at radius 3 is 2.61 bits per heavy atom. The fourth-order valence-corrected chi connectivity index (χ4v) is 1.34. The van der Waals surface area contributed by atoms with E-state index in [1.807, 2.05) is 0 Å². The van der Waals surface area contributed by atoms with Gasteiger partial charge in [-0.05, 0) is 25.5 Å². The van der Waals surface area contributed by atoms with Gasteiger partial charge in [-0.2, -0.15) is 13.2 Å². The molecule has 2 N–H and O–H groups in total. The Morgan fingerprint density at radius 1 is 1.50 bits per heavy atom. The molecule has 1 aromatic heterocycles. The van der Waals surface area contributed by atoms with Crippen LogP contribution in [0.1, 0.15) is 25.5 Å². The number of hydrogen-bond donors (Lipinski definition) is 2. The molecule has 0 bridgehead atoms. The Hall–Kier alpha value is -1.79. The molecule has 1 heterocycles. The SMILES string of the molecule is CC(CCC(=O)O)Nc1ccc(C(F)(F)F)nc1. The van der Waals surface area contributed by atoms with Crippen molar-refractivity contribution in [1.29, 1.82) is 0 Å². The van der Waals surface area contributed by atoms with E-state index in [0.29, 0.717) is 12.1 Å². The summed E-state index contributed by atoms with van der Waals surface area (Å²) in [6.45, 7) is 1.75. The van der Waals surface area contributed by atoms with E-state index in [4.69, 9.17) is 5.11 Å². The molecule has 0 aliphatic heterocycles. The van der Waals surface area contributed by atoms with Crippen molar-refractivity contribution in [3.63, 3.8) is 0 Å². The van der Waals surface area contributed by atoms with Gasteiger partial charge in [-0.15, -0.1) is 0 Å². The van der Waals surface area contributed by atoms with E-state index in [-0.39, 0.29) is 12.5 Å². The van der Waals surface area contributed by atoms with Crippen LogP contribution in [0.25, 0.3) is 0 Å². The highest BCUT2D eigenvalue weighted by Gasteiger charge is 2.32. The van der Waals surface area contributed by atoms with Crippen LogP contribution in [-0.2, 0) is 11.0 Å². The molecule has 1 rings (SSSR count). The largest absolute Gasteiger partial charge is 0.481 e. The van der Waals surface area contributed by atoms with Gasteiger partial charge in [-0.3, -0.25) is 4.79 Å². The Labute approximate surface area is 102 Å². The van der Waals surface area contributed by atoms with E-state index in [1.54, 1.807) is 6.92 Å². The number of carboxylic acids is 1. The minimum absolute atomic E-state index is 0.00221. The molecule has 0 radical (unpaired) electrons. The van der Waals surface area contributed by atoms with Crippen molar-refractivity contribution in [2.75, 3.05) is 5.32 Å². The van der Waals surface area contributed by atoms with E-state index in [1.165, 1.54) is 6.07 Å². The number of anilines is 1. The van der Waals surface area contributed by atoms with Gasteiger partial charge in [-0.1, -0.05) is 0 Å². The average molecular weight is 262 g/mol. The predicted octanol–water partition coefficient (Wildman–Crippen LogP) is 2.77. The molecule has 0 saturated carbocycles. The third-order valence-corrected chi connectivity index (χ3v) is 2.26. The lowest BCUT2D eigenvalue weighted by Gasteiger charge is -2.14. The summed E-state index contributed by atoms with van der Waals surface area (Å²) in [5, 5.41) is 11.4. The van der Waals surface area contributed by atoms with Crippen LogP contribution in [0.2, 0.25) is 0 Å². The van der Waals surface area contributed by atoms with Gasteiger partial charge in [0.05, 0.1) is 11.9 Å². The first kappa shape index (κ1) is 14.3. The molecule has 7 heteroatoms. The first-order valence-electron chi connectivity index (χ1n) is 5.30. The topological polar surface area (TPSA) is 62.2 Å². The monoisotopic (exact) mass is 262 g/mol. The first-order valence-corrected chi connectivity index (χ1v) is 5.30. The summed E-state index contributed by atoms with van der Waals surface area (Å²) in [7, 11) is 0. The van der Waals surface area contributed by atoms with Gasteiger partial charge < -0.3 is 10.4 Å². The molecule has 4 nitrogen and oxygen atoms in total. The zero-order chi connectivity index (χ0) is 13.8. The second-order valence-electron chi connectivity index (χ2n) is 3.91. The van der Waals surface area contributed by atoms with Crippen LogP contribution in [0.5, 0.6) is 0 Å². The normalized spacial score (nSPS) is 13.1. The standard InChI is InChI=1S/C11H13F3N2O2/c1-7(2-5-10(17)18)16-8-3-4-9(15-6-8)11(12,13)14/h3-4,6-7,16H,2,5H2,1H3,(H,17,18). The summed E-state index contributed by atoms with van der Waals surface area (Å²) >= 11 is 0. The van der Waals surface area contributed by atoms with Gasteiger partial charge in [-0.25, -0.2) is 4.98 Å². The highest BCUT2D eigenvalue weighted by Crippen LogP contribution is 2.27. The first-order chi connectivity index (χ1) is 8.29. The van der Waals surface area contributed by atoms with E-state index < -0.39 is 17.8 Å². The van der Waals surface area contributed by atoms with Gasteiger partial charge in [0.2, 0.25) is 0 Å². The third-order valence-electron chi connectivity index (χ3n) is 2.26. The lowest BCUT2D eigenvalue weighted by Crippen LogP contribution is -2.17. The molecule has 100 valence electrons. The molecule has 1 atom stereocenters. The number of nitrogens with zero attached hydrogens (tertiary/aromatic N) is 1. The second-order valence-corrected chi connectivity index (χ2v) is 3.91. The minimum Gasteiger partial charge on any atom is -0.481 e. The number of aliphatic carboxylic acids is 1. The summed E-state index contributed by atoms with van der Waals surface area (Å²) in [4.78, 5) is 13.6. The van der Waals surface area contributed by atoms with Crippen molar-refractivity contribution in [3.8, 4) is 0 Å². The van der Waals surface area contributed by atoms with Gasteiger partial charge in [0.15, 0.2) is 0 Å². The number of carboxylic acid groups (broad SMARTS) is 1. The van der Waals surface area contributed by atoms with E-state index in [9.17, 15) is 18.0 Å². The molecule has 1 unspecified atom stereocenters. The highest BCUT2D eigenvalue weighted by molar-refractivity contribution is 5.66. The van der Waals surface area contributed by atoms with Crippen molar-refractivity contribution in [1.82, 2.24) is 4.98 Å². The van der Waals surface area contributed by atoms with Crippen molar-refractivity contribution < 1.29 is 23.1 Å². The smallest absolute Gasteiger partial charge is 0.433 e. The van der Waals surface area contributed by atoms with Crippen LogP contribution < -0.4 is 5.32 Å². The van der Waals surface area contributed by atoms with Gasteiger partial charge in [0.25, 0.3) is 0 Å². The van der Waals surface area contributed by atoms with Crippen LogP contribution in [0.4, 0.5) is 18.9 Å². The molecular weight excluding hydrogens is 249 g/mol. The van der Waals surface area contributed by atoms with E-state index in [2.05, 4.69) is 10.3 Å². The van der Waals surface area contributed by atoms with Crippen molar-refractivity contribution >= 4 is 11.7 Å². The number of pyridine rings is 1. The average Bonchev–Trinajstić information content (AvgIpc) is 2.26. The maximum atomic E-state index is 12.2. The van der Waals surface area contributed by atoms with Gasteiger partial charge in [0, 0.05) is 12.5 Å². The maximum absolute atomic E-state index is 12.2. The summed E-state index contributed by atoms with van der Waals surface area (Å²) in [5.74, 6) is -0.908. The number of carbonyl (C=O) groups is 1. The Morgan fingerprint density at radius 2 is 2.17 bits per heavy atom. The fourth-order valence-electron chi connectivity index (χ4n) is 1.34. The fraction of sp³-hybridized carbons (Fsp3) is 0.455. The van der Waals surface area contributed by atoms with Crippen LogP contribution in [0.15, 0.2) is 18.3 Å². The number of aromatic nitrogens is 1. The number of halogens is 3. The molecule has 0 fully saturated rings. The maximum Gasteiger partial charge on any atom is 0.433 e. The van der Waals surface area contributed by atoms with Crippen LogP contribution in [0, 0.1) is 0 Å². The molecule has 0 aromatic carbocycles. The van der Waals surface area contributed by atoms with Crippen LogP contribution in [0.3, 0.4) is 0 Å². The van der Waals surface area contributed by atoms with Gasteiger partial charge in [0.1, 0.15) is 5.69 Å². The zero-order valence-electron chi connectivity index (χ0n) is 9.66. The molecule has 0 saturated heterocycles. The van der Waals surface area contributed by atoms with Crippen LogP contribution >= 0.6 is 0 Å². The number of alkyl halides is 3. The summed E-state index contributed by atoms with van der Waals surface area (Å²) < 4.78 is 36.7. The van der Waals surface area contributed by atoms with Crippen LogP contribution in [-0.4, -0.2) is 22.1 Å². The predicted molar refractivity (Wildman–Crippen MR) is 59.2 cm³/mol. The Balaban J connectivity index is 2.56. The lowest BCUT2D eigenvalue weighted by atomic mass is 10.2. The Kier molecular flexibility index (Phi) is 4.52. The molecule has 0 spiro atoms. The van der Waals surface area contributed by atoms with E-state index >= 15 is 0 Å². The summed E-state index contributed by atoms with van der Waals surface area (Å²) in [6, 6.07) is 2.00. The molecule has 0 amide bonds. The van der Waals surface area contributed by atoms with E-state index in [0.717, 1.165) is 12.3 Å². The zero-order valence-corrected chi connectivity index (χ0v) is 9.66. The second kappa shape index (κ2) is 5.70. The molecule has 18 heavy (non-hydrogen) atoms. The quantitative estimate of drug-likeness (QED) is 0.856. The highest BCUT2D eigenvalue weighted by atomic mass is 19.4. The molecule has 1 aromatic rings. The minimum atomic E-state index is -4.45. The Bertz CT molecular complexity index is 404. The van der Waals surface area contributed by atoms with Crippen molar-refractivity contribution in [2.24, 2.45) is 0 Å². The number of nitrogens with one attached hydrogen (secondary N) is 1. The summed E-state index contributed by atoms with van der Waals surface area (Å²) in [6.07, 6.45) is -2.98. The molecule has 0 aliphatic rings. The number of hydrogen-bond acceptors (Lipinski definition) is 3. The van der Waals surface area contributed by atoms with Gasteiger partial charge >= 0.3 is 12.1 Å². The van der Waals surface area contributed by atoms with Crippen molar-refractivity contribution in [3.05, 3.63) is 24.0 Å². The number of rotatable bonds is 5. The van der Waals surface area contributed by atoms with Crippen molar-refractivity contribution in [2.45, 2.75) is 32.0 Å². The lowest BCUT2D eigenvalue weighted by molar-refractivity contribution is -0.141. The third kappa shape index (κ3) is 4.60. The summed E-state index contributed by atoms with van der Waals surface area (Å²) in [5.41, 5.74) is -0.521.